The normalized spacial score (nSPS) is 9.93. The molecule has 0 aromatic heterocycles. The molecule has 0 aliphatic carbocycles. The summed E-state index contributed by atoms with van der Waals surface area (Å²) < 4.78 is 0.692. The average Bonchev–Trinajstić information content (AvgIpc) is 2.12. The van der Waals surface area contributed by atoms with Crippen LogP contribution in [0.2, 0.25) is 0 Å². The fourth-order valence-corrected chi connectivity index (χ4v) is 1.63. The SMILES string of the molecule is NC(N)=NCCc1cc(Br)cc(O)c1O. The maximum absolute atomic E-state index is 9.51. The third-order valence-electron chi connectivity index (χ3n) is 1.81. The molecular formula is C9H12BrN3O2. The van der Waals surface area contributed by atoms with Gasteiger partial charge in [-0.3, -0.25) is 4.99 Å². The minimum atomic E-state index is -0.163. The van der Waals surface area contributed by atoms with Gasteiger partial charge < -0.3 is 21.7 Å². The monoisotopic (exact) mass is 273 g/mol. The molecule has 0 heterocycles. The maximum Gasteiger partial charge on any atom is 0.185 e. The molecule has 0 aliphatic heterocycles. The fourth-order valence-electron chi connectivity index (χ4n) is 1.14. The maximum atomic E-state index is 9.51. The Morgan fingerprint density at radius 2 is 2.00 bits per heavy atom. The Hall–Kier alpha value is -1.43. The highest BCUT2D eigenvalue weighted by atomic mass is 79.9. The van der Waals surface area contributed by atoms with Crippen molar-refractivity contribution >= 4 is 21.9 Å². The Labute approximate surface area is 95.6 Å². The van der Waals surface area contributed by atoms with E-state index in [1.807, 2.05) is 0 Å². The largest absolute Gasteiger partial charge is 0.504 e. The summed E-state index contributed by atoms with van der Waals surface area (Å²) in [7, 11) is 0. The Bertz CT molecular complexity index is 389. The van der Waals surface area contributed by atoms with Gasteiger partial charge in [-0.1, -0.05) is 15.9 Å². The summed E-state index contributed by atoms with van der Waals surface area (Å²) in [6.45, 7) is 0.367. The first-order chi connectivity index (χ1) is 7.00. The summed E-state index contributed by atoms with van der Waals surface area (Å²) in [4.78, 5) is 3.78. The van der Waals surface area contributed by atoms with Crippen molar-refractivity contribution in [2.45, 2.75) is 6.42 Å². The zero-order valence-corrected chi connectivity index (χ0v) is 9.53. The number of nitrogens with two attached hydrogens (primary N) is 2. The Balaban J connectivity index is 2.81. The number of phenols is 2. The van der Waals surface area contributed by atoms with Gasteiger partial charge in [0.2, 0.25) is 0 Å². The van der Waals surface area contributed by atoms with Crippen LogP contribution >= 0.6 is 15.9 Å². The third-order valence-corrected chi connectivity index (χ3v) is 2.27. The van der Waals surface area contributed by atoms with E-state index in [1.54, 1.807) is 6.07 Å². The molecule has 6 heteroatoms. The second kappa shape index (κ2) is 4.88. The number of phenolic OH excluding ortho intramolecular Hbond substituents is 2. The van der Waals surface area contributed by atoms with Gasteiger partial charge in [-0.25, -0.2) is 0 Å². The number of aromatic hydroxyl groups is 2. The minimum Gasteiger partial charge on any atom is -0.504 e. The van der Waals surface area contributed by atoms with Crippen LogP contribution in [0, 0.1) is 0 Å². The number of benzene rings is 1. The summed E-state index contributed by atoms with van der Waals surface area (Å²) in [5.74, 6) is -0.290. The number of hydrogen-bond donors (Lipinski definition) is 4. The van der Waals surface area contributed by atoms with Gasteiger partial charge in [0.1, 0.15) is 0 Å². The van der Waals surface area contributed by atoms with Crippen LogP contribution in [0.3, 0.4) is 0 Å². The molecule has 0 unspecified atom stereocenters. The minimum absolute atomic E-state index is 0.00806. The zero-order valence-electron chi connectivity index (χ0n) is 7.94. The third kappa shape index (κ3) is 3.32. The van der Waals surface area contributed by atoms with Crippen molar-refractivity contribution in [3.8, 4) is 11.5 Å². The first kappa shape index (κ1) is 11.6. The topological polar surface area (TPSA) is 105 Å². The highest BCUT2D eigenvalue weighted by Gasteiger charge is 2.07. The summed E-state index contributed by atoms with van der Waals surface area (Å²) >= 11 is 3.21. The average molecular weight is 274 g/mol. The van der Waals surface area contributed by atoms with Crippen LogP contribution in [0.25, 0.3) is 0 Å². The molecule has 0 amide bonds. The van der Waals surface area contributed by atoms with Crippen LogP contribution in [0.1, 0.15) is 5.56 Å². The number of nitrogens with zero attached hydrogens (tertiary/aromatic N) is 1. The first-order valence-electron chi connectivity index (χ1n) is 4.26. The molecule has 15 heavy (non-hydrogen) atoms. The molecule has 0 spiro atoms. The van der Waals surface area contributed by atoms with Crippen LogP contribution in [0.15, 0.2) is 21.6 Å². The smallest absolute Gasteiger partial charge is 0.185 e. The summed E-state index contributed by atoms with van der Waals surface area (Å²) in [6, 6.07) is 3.12. The summed E-state index contributed by atoms with van der Waals surface area (Å²) in [5, 5.41) is 18.8. The number of guanidine groups is 1. The van der Waals surface area contributed by atoms with Crippen molar-refractivity contribution < 1.29 is 10.2 Å². The highest BCUT2D eigenvalue weighted by molar-refractivity contribution is 9.10. The molecule has 0 saturated carbocycles. The second-order valence-corrected chi connectivity index (χ2v) is 3.90. The quantitative estimate of drug-likeness (QED) is 0.369. The lowest BCUT2D eigenvalue weighted by atomic mass is 10.1. The van der Waals surface area contributed by atoms with Gasteiger partial charge in [0, 0.05) is 16.6 Å². The van der Waals surface area contributed by atoms with Crippen molar-refractivity contribution in [2.24, 2.45) is 16.5 Å². The van der Waals surface area contributed by atoms with Crippen LogP contribution in [0.4, 0.5) is 0 Å². The molecule has 82 valence electrons. The van der Waals surface area contributed by atoms with Crippen molar-refractivity contribution in [1.82, 2.24) is 0 Å². The Kier molecular flexibility index (Phi) is 3.79. The van der Waals surface area contributed by atoms with E-state index in [-0.39, 0.29) is 17.5 Å². The predicted molar refractivity (Wildman–Crippen MR) is 61.9 cm³/mol. The van der Waals surface area contributed by atoms with Gasteiger partial charge in [-0.15, -0.1) is 0 Å². The predicted octanol–water partition coefficient (Wildman–Crippen LogP) is 0.676. The summed E-state index contributed by atoms with van der Waals surface area (Å²) in [6.07, 6.45) is 0.455. The van der Waals surface area contributed by atoms with E-state index in [0.717, 1.165) is 0 Å². The van der Waals surface area contributed by atoms with Gasteiger partial charge in [0.05, 0.1) is 0 Å². The molecule has 5 nitrogen and oxygen atoms in total. The Morgan fingerprint density at radius 3 is 2.60 bits per heavy atom. The van der Waals surface area contributed by atoms with E-state index in [2.05, 4.69) is 20.9 Å². The van der Waals surface area contributed by atoms with E-state index in [9.17, 15) is 10.2 Å². The van der Waals surface area contributed by atoms with Crippen molar-refractivity contribution in [3.63, 3.8) is 0 Å². The van der Waals surface area contributed by atoms with Crippen molar-refractivity contribution in [2.75, 3.05) is 6.54 Å². The van der Waals surface area contributed by atoms with Crippen LogP contribution in [-0.2, 0) is 6.42 Å². The molecule has 0 bridgehead atoms. The molecule has 0 atom stereocenters. The van der Waals surface area contributed by atoms with E-state index in [0.29, 0.717) is 23.0 Å². The lowest BCUT2D eigenvalue weighted by Crippen LogP contribution is -2.23. The fraction of sp³-hybridized carbons (Fsp3) is 0.222. The molecule has 0 saturated heterocycles. The molecule has 6 N–H and O–H groups in total. The molecule has 1 rings (SSSR count). The van der Waals surface area contributed by atoms with Crippen LogP contribution in [-0.4, -0.2) is 22.7 Å². The van der Waals surface area contributed by atoms with E-state index < -0.39 is 0 Å². The second-order valence-electron chi connectivity index (χ2n) is 2.99. The molecule has 1 aromatic carbocycles. The van der Waals surface area contributed by atoms with Crippen molar-refractivity contribution in [1.29, 1.82) is 0 Å². The molecule has 0 radical (unpaired) electrons. The number of hydrogen-bond acceptors (Lipinski definition) is 3. The van der Waals surface area contributed by atoms with E-state index in [4.69, 9.17) is 11.5 Å². The van der Waals surface area contributed by atoms with Gasteiger partial charge in [-0.2, -0.15) is 0 Å². The number of halogens is 1. The number of aliphatic imine (C=N–C) groups is 1. The molecule has 1 aromatic rings. The lowest BCUT2D eigenvalue weighted by molar-refractivity contribution is 0.399. The first-order valence-corrected chi connectivity index (χ1v) is 5.05. The molecule has 0 fully saturated rings. The Morgan fingerprint density at radius 1 is 1.33 bits per heavy atom. The molecular weight excluding hydrogens is 262 g/mol. The zero-order chi connectivity index (χ0) is 11.4. The van der Waals surface area contributed by atoms with Crippen LogP contribution < -0.4 is 11.5 Å². The highest BCUT2D eigenvalue weighted by Crippen LogP contribution is 2.32. The van der Waals surface area contributed by atoms with Gasteiger partial charge in [0.25, 0.3) is 0 Å². The van der Waals surface area contributed by atoms with Crippen molar-refractivity contribution in [3.05, 3.63) is 22.2 Å². The van der Waals surface area contributed by atoms with Crippen LogP contribution in [0.5, 0.6) is 11.5 Å². The summed E-state index contributed by atoms with van der Waals surface area (Å²) in [5.41, 5.74) is 10.9. The van der Waals surface area contributed by atoms with E-state index in [1.165, 1.54) is 6.07 Å². The molecule has 0 aliphatic rings. The van der Waals surface area contributed by atoms with E-state index >= 15 is 0 Å². The standard InChI is InChI=1S/C9H12BrN3O2/c10-6-3-5(1-2-13-9(11)12)8(15)7(14)4-6/h3-4,14-15H,1-2H2,(H4,11,12,13). The van der Waals surface area contributed by atoms with Gasteiger partial charge >= 0.3 is 0 Å². The van der Waals surface area contributed by atoms with Gasteiger partial charge in [-0.05, 0) is 18.6 Å². The lowest BCUT2D eigenvalue weighted by Gasteiger charge is -2.05. The van der Waals surface area contributed by atoms with Gasteiger partial charge in [0.15, 0.2) is 17.5 Å². The number of rotatable bonds is 3.